The molecule has 0 N–H and O–H groups in total. The smallest absolute Gasteiger partial charge is 0.123 e. The van der Waals surface area contributed by atoms with Crippen LogP contribution in [-0.2, 0) is 0 Å². The maximum atomic E-state index is 12.6. The van der Waals surface area contributed by atoms with Crippen molar-refractivity contribution in [3.8, 4) is 11.1 Å². The van der Waals surface area contributed by atoms with Gasteiger partial charge in [0.25, 0.3) is 0 Å². The molecule has 0 saturated carbocycles. The molecule has 64 valence electrons. The van der Waals surface area contributed by atoms with Crippen LogP contribution in [0.5, 0.6) is 0 Å². The third kappa shape index (κ3) is 1.75. The lowest BCUT2D eigenvalue weighted by atomic mass is 12.1. The van der Waals surface area contributed by atoms with Crippen LogP contribution < -0.4 is 0 Å². The molecule has 0 aliphatic heterocycles. The minimum absolute atomic E-state index is 0.195. The average Bonchev–Trinajstić information content (AvgIpc) is 2.20. The van der Waals surface area contributed by atoms with Gasteiger partial charge in [0.2, 0.25) is 0 Å². The van der Waals surface area contributed by atoms with Crippen molar-refractivity contribution in [3.05, 3.63) is 60.4 Å². The number of hydrogen-bond acceptors (Lipinski definition) is 0. The number of halogens is 1. The van der Waals surface area contributed by atoms with Crippen molar-refractivity contribution in [2.75, 3.05) is 0 Å². The van der Waals surface area contributed by atoms with Crippen LogP contribution in [0, 0.1) is 5.82 Å². The first-order chi connectivity index (χ1) is 6.36. The van der Waals surface area contributed by atoms with Crippen LogP contribution in [0.1, 0.15) is 0 Å². The van der Waals surface area contributed by atoms with Crippen LogP contribution in [0.15, 0.2) is 54.6 Å². The molecule has 0 radical (unpaired) electrons. The monoisotopic (exact) mass is 196 g/mol. The lowest BCUT2D eigenvalue weighted by Crippen LogP contribution is -1.77. The number of rotatable bonds is 1. The van der Waals surface area contributed by atoms with Gasteiger partial charge in [0, 0.05) is 0 Å². The van der Waals surface area contributed by atoms with Crippen LogP contribution >= 0.6 is 0 Å². The van der Waals surface area contributed by atoms with Gasteiger partial charge < -0.3 is 0 Å². The van der Waals surface area contributed by atoms with Crippen LogP contribution in [0.3, 0.4) is 0 Å². The van der Waals surface area contributed by atoms with Crippen LogP contribution in [0.2, 0.25) is 0 Å². The maximum absolute atomic E-state index is 12.6. The zero-order chi connectivity index (χ0) is 9.10. The van der Waals surface area contributed by atoms with Gasteiger partial charge in [-0.25, -0.2) is 4.39 Å². The molecule has 0 bridgehead atoms. The molecule has 0 saturated heterocycles. The Bertz CT molecular complexity index is 376. The minimum atomic E-state index is -0.195. The molecule has 0 nitrogen and oxygen atoms in total. The molecule has 1 heteroatoms. The second kappa shape index (κ2) is 3.40. The molecule has 13 heavy (non-hydrogen) atoms. The van der Waals surface area contributed by atoms with Gasteiger partial charge in [-0.2, -0.15) is 0 Å². The fraction of sp³-hybridized carbons (Fsp3) is 0. The molecular formula is C12H9F. The Morgan fingerprint density at radius 1 is 0.615 bits per heavy atom. The molecule has 0 fully saturated rings. The van der Waals surface area contributed by atoms with E-state index in [9.17, 15) is 4.39 Å². The van der Waals surface area contributed by atoms with Gasteiger partial charge in [0.15, 0.2) is 0 Å². The van der Waals surface area contributed by atoms with Gasteiger partial charge in [-0.3, -0.25) is 0 Å². The lowest BCUT2D eigenvalue weighted by Gasteiger charge is -1.99. The standard InChI is InChI=1S/C12H9F/c13-12-8-6-11(7-9-12)10-4-2-1-3-5-10/h1-9H/i1+2,2+2,3+2,4+2,5+2,6+2,7+2,8+2,9+2,10+2,11+2,12+2. The summed E-state index contributed by atoms with van der Waals surface area (Å²) in [7, 11) is 0. The summed E-state index contributed by atoms with van der Waals surface area (Å²) in [5.74, 6) is -0.195. The van der Waals surface area contributed by atoms with E-state index in [1.807, 2.05) is 30.3 Å². The molecule has 2 aromatic carbocycles. The topological polar surface area (TPSA) is 0 Å². The number of hydrogen-bond donors (Lipinski definition) is 0. The zero-order valence-electron chi connectivity index (χ0n) is 7.07. The maximum Gasteiger partial charge on any atom is 0.123 e. The van der Waals surface area contributed by atoms with Crippen molar-refractivity contribution >= 4 is 0 Å². The normalized spacial score (nSPS) is 9.92. The predicted molar refractivity (Wildman–Crippen MR) is 51.8 cm³/mol. The first-order valence-electron chi connectivity index (χ1n) is 4.17. The minimum Gasteiger partial charge on any atom is -0.207 e. The van der Waals surface area contributed by atoms with Crippen molar-refractivity contribution in [2.24, 2.45) is 0 Å². The summed E-state index contributed by atoms with van der Waals surface area (Å²) in [6.45, 7) is 0. The van der Waals surface area contributed by atoms with E-state index in [0.717, 1.165) is 11.1 Å². The second-order valence-electron chi connectivity index (χ2n) is 2.87. The Kier molecular flexibility index (Phi) is 2.09. The molecular weight excluding hydrogens is 187 g/mol. The molecule has 0 atom stereocenters. The highest BCUT2D eigenvalue weighted by Crippen LogP contribution is 2.18. The summed E-state index contributed by atoms with van der Waals surface area (Å²) in [5.41, 5.74) is 2.16. The Morgan fingerprint density at radius 2 is 1.15 bits per heavy atom. The van der Waals surface area contributed by atoms with E-state index in [2.05, 4.69) is 0 Å². The molecule has 2 aromatic rings. The van der Waals surface area contributed by atoms with Gasteiger partial charge in [0.1, 0.15) is 5.82 Å². The summed E-state index contributed by atoms with van der Waals surface area (Å²) >= 11 is 0. The van der Waals surface area contributed by atoms with Crippen molar-refractivity contribution < 1.29 is 4.39 Å². The highest BCUT2D eigenvalue weighted by Gasteiger charge is 1.95. The quantitative estimate of drug-likeness (QED) is 0.654. The molecule has 0 aromatic heterocycles. The van der Waals surface area contributed by atoms with Gasteiger partial charge in [-0.05, 0) is 23.3 Å². The summed E-state index contributed by atoms with van der Waals surface area (Å²) in [6.07, 6.45) is 0. The summed E-state index contributed by atoms with van der Waals surface area (Å²) in [4.78, 5) is 0. The first kappa shape index (κ1) is 7.99. The Labute approximate surface area is 76.7 Å². The van der Waals surface area contributed by atoms with Crippen molar-refractivity contribution in [1.82, 2.24) is 0 Å². The van der Waals surface area contributed by atoms with E-state index in [-0.39, 0.29) is 5.82 Å². The van der Waals surface area contributed by atoms with Crippen LogP contribution in [0.25, 0.3) is 11.1 Å². The van der Waals surface area contributed by atoms with E-state index in [4.69, 9.17) is 0 Å². The molecule has 0 aliphatic carbocycles. The molecule has 0 unspecified atom stereocenters. The Morgan fingerprint density at radius 3 is 1.77 bits per heavy atom. The molecule has 0 aliphatic rings. The highest BCUT2D eigenvalue weighted by atomic mass is 19.2. The SMILES string of the molecule is F[14c]1[14cH][14cH][14c](-[14c]2[14cH][14cH][14cH][14cH][14cH]2)[14cH][14cH]1. The second-order valence-corrected chi connectivity index (χ2v) is 2.87. The van der Waals surface area contributed by atoms with Crippen molar-refractivity contribution in [1.29, 1.82) is 0 Å². The van der Waals surface area contributed by atoms with E-state index in [0.29, 0.717) is 0 Å². The summed E-state index contributed by atoms with van der Waals surface area (Å²) < 4.78 is 12.6. The Balaban J connectivity index is 2.42. The summed E-state index contributed by atoms with van der Waals surface area (Å²) in [5, 5.41) is 0. The first-order valence-corrected chi connectivity index (χ1v) is 4.17. The van der Waals surface area contributed by atoms with Crippen LogP contribution in [-0.4, -0.2) is 0 Å². The van der Waals surface area contributed by atoms with E-state index in [1.54, 1.807) is 12.1 Å². The van der Waals surface area contributed by atoms with Crippen LogP contribution in [0.4, 0.5) is 4.39 Å². The van der Waals surface area contributed by atoms with E-state index >= 15 is 0 Å². The van der Waals surface area contributed by atoms with Gasteiger partial charge in [-0.15, -0.1) is 0 Å². The van der Waals surface area contributed by atoms with Gasteiger partial charge in [-0.1, -0.05) is 42.5 Å². The van der Waals surface area contributed by atoms with Crippen molar-refractivity contribution in [3.63, 3.8) is 0 Å². The largest absolute Gasteiger partial charge is 0.207 e. The molecule has 0 heterocycles. The summed E-state index contributed by atoms with van der Waals surface area (Å²) in [6, 6.07) is 16.4. The molecule has 0 amide bonds. The third-order valence-electron chi connectivity index (χ3n) is 1.95. The fourth-order valence-corrected chi connectivity index (χ4v) is 1.27. The van der Waals surface area contributed by atoms with Crippen molar-refractivity contribution in [2.45, 2.75) is 0 Å². The average molecular weight is 196 g/mol. The lowest BCUT2D eigenvalue weighted by molar-refractivity contribution is 0.628. The molecule has 0 spiro atoms. The van der Waals surface area contributed by atoms with E-state index < -0.39 is 0 Å². The number of benzene rings is 2. The zero-order valence-corrected chi connectivity index (χ0v) is 7.07. The third-order valence-corrected chi connectivity index (χ3v) is 1.95. The highest BCUT2D eigenvalue weighted by molar-refractivity contribution is 5.62. The van der Waals surface area contributed by atoms with Gasteiger partial charge >= 0.3 is 0 Å². The molecule has 2 rings (SSSR count). The Hall–Kier alpha value is -1.63. The van der Waals surface area contributed by atoms with E-state index in [1.165, 1.54) is 12.1 Å². The predicted octanol–water partition coefficient (Wildman–Crippen LogP) is 3.49. The fourth-order valence-electron chi connectivity index (χ4n) is 1.27. The van der Waals surface area contributed by atoms with Gasteiger partial charge in [0.05, 0.1) is 0 Å².